The molecule has 0 aromatic rings. The average Bonchev–Trinajstić information content (AvgIpc) is 2.58. The first-order chi connectivity index (χ1) is 7.15. The van der Waals surface area contributed by atoms with E-state index in [4.69, 9.17) is 5.73 Å². The molecule has 2 fully saturated rings. The molecule has 3 heteroatoms. The summed E-state index contributed by atoms with van der Waals surface area (Å²) in [6, 6.07) is 0. The fourth-order valence-electron chi connectivity index (χ4n) is 2.72. The van der Waals surface area contributed by atoms with E-state index in [1.807, 2.05) is 4.90 Å². The Morgan fingerprint density at radius 2 is 2.27 bits per heavy atom. The van der Waals surface area contributed by atoms with Crippen molar-refractivity contribution in [3.05, 3.63) is 0 Å². The van der Waals surface area contributed by atoms with Crippen LogP contribution in [0.3, 0.4) is 0 Å². The number of likely N-dealkylation sites (tertiary alicyclic amines) is 1. The molecule has 0 aromatic carbocycles. The first-order valence-corrected chi connectivity index (χ1v) is 6.13. The molecule has 0 spiro atoms. The standard InChI is InChI=1S/C12H22N2O/c1-10-3-6-14(8-10)11(15)7-12(9-13)4-2-5-12/h10H,2-9,13H2,1H3. The van der Waals surface area contributed by atoms with Gasteiger partial charge in [0.05, 0.1) is 0 Å². The van der Waals surface area contributed by atoms with Gasteiger partial charge >= 0.3 is 0 Å². The maximum Gasteiger partial charge on any atom is 0.223 e. The van der Waals surface area contributed by atoms with E-state index in [-0.39, 0.29) is 5.41 Å². The number of carbonyl (C=O) groups is 1. The second-order valence-corrected chi connectivity index (χ2v) is 5.47. The first-order valence-electron chi connectivity index (χ1n) is 6.13. The van der Waals surface area contributed by atoms with E-state index < -0.39 is 0 Å². The van der Waals surface area contributed by atoms with Crippen LogP contribution in [0.15, 0.2) is 0 Å². The summed E-state index contributed by atoms with van der Waals surface area (Å²) in [7, 11) is 0. The summed E-state index contributed by atoms with van der Waals surface area (Å²) in [5, 5.41) is 0. The van der Waals surface area contributed by atoms with Crippen LogP contribution >= 0.6 is 0 Å². The molecule has 1 amide bonds. The minimum atomic E-state index is 0.170. The van der Waals surface area contributed by atoms with E-state index in [0.717, 1.165) is 25.9 Å². The van der Waals surface area contributed by atoms with Gasteiger partial charge in [-0.25, -0.2) is 0 Å². The molecule has 15 heavy (non-hydrogen) atoms. The van der Waals surface area contributed by atoms with Gasteiger partial charge in [-0.15, -0.1) is 0 Å². The van der Waals surface area contributed by atoms with Gasteiger partial charge in [0.2, 0.25) is 5.91 Å². The van der Waals surface area contributed by atoms with Gasteiger partial charge in [-0.1, -0.05) is 13.3 Å². The summed E-state index contributed by atoms with van der Waals surface area (Å²) >= 11 is 0. The van der Waals surface area contributed by atoms with Crippen LogP contribution < -0.4 is 5.73 Å². The van der Waals surface area contributed by atoms with Crippen molar-refractivity contribution < 1.29 is 4.79 Å². The number of hydrogen-bond acceptors (Lipinski definition) is 2. The number of nitrogens with zero attached hydrogens (tertiary/aromatic N) is 1. The zero-order chi connectivity index (χ0) is 10.9. The normalized spacial score (nSPS) is 28.9. The van der Waals surface area contributed by atoms with Crippen LogP contribution in [0.5, 0.6) is 0 Å². The molecule has 1 heterocycles. The molecule has 1 aliphatic heterocycles. The molecule has 1 atom stereocenters. The van der Waals surface area contributed by atoms with Crippen molar-refractivity contribution in [3.63, 3.8) is 0 Å². The van der Waals surface area contributed by atoms with Crippen LogP contribution in [-0.4, -0.2) is 30.4 Å². The first kappa shape index (κ1) is 10.9. The van der Waals surface area contributed by atoms with Crippen molar-refractivity contribution in [3.8, 4) is 0 Å². The van der Waals surface area contributed by atoms with Gasteiger partial charge in [0, 0.05) is 19.5 Å². The molecule has 2 aliphatic rings. The minimum Gasteiger partial charge on any atom is -0.342 e. The Balaban J connectivity index is 1.86. The summed E-state index contributed by atoms with van der Waals surface area (Å²) in [6.07, 6.45) is 5.41. The van der Waals surface area contributed by atoms with Crippen molar-refractivity contribution in [1.29, 1.82) is 0 Å². The number of amides is 1. The molecule has 2 N–H and O–H groups in total. The van der Waals surface area contributed by atoms with Crippen molar-refractivity contribution in [1.82, 2.24) is 4.90 Å². The summed E-state index contributed by atoms with van der Waals surface area (Å²) in [6.45, 7) is 4.82. The van der Waals surface area contributed by atoms with E-state index in [2.05, 4.69) is 6.92 Å². The smallest absolute Gasteiger partial charge is 0.223 e. The van der Waals surface area contributed by atoms with Gasteiger partial charge in [0.25, 0.3) is 0 Å². The van der Waals surface area contributed by atoms with Gasteiger partial charge in [0.1, 0.15) is 0 Å². The zero-order valence-corrected chi connectivity index (χ0v) is 9.67. The van der Waals surface area contributed by atoms with E-state index in [0.29, 0.717) is 24.8 Å². The zero-order valence-electron chi connectivity index (χ0n) is 9.67. The van der Waals surface area contributed by atoms with Crippen LogP contribution in [-0.2, 0) is 4.79 Å². The van der Waals surface area contributed by atoms with Gasteiger partial charge < -0.3 is 10.6 Å². The highest BCUT2D eigenvalue weighted by Gasteiger charge is 2.39. The topological polar surface area (TPSA) is 46.3 Å². The van der Waals surface area contributed by atoms with Crippen molar-refractivity contribution in [2.75, 3.05) is 19.6 Å². The number of rotatable bonds is 3. The summed E-state index contributed by atoms with van der Waals surface area (Å²) in [5.41, 5.74) is 5.94. The Hall–Kier alpha value is -0.570. The predicted octanol–water partition coefficient (Wildman–Crippen LogP) is 1.37. The van der Waals surface area contributed by atoms with Crippen LogP contribution in [0.4, 0.5) is 0 Å². The van der Waals surface area contributed by atoms with Gasteiger partial charge in [-0.05, 0) is 37.1 Å². The minimum absolute atomic E-state index is 0.170. The van der Waals surface area contributed by atoms with Crippen LogP contribution in [0, 0.1) is 11.3 Å². The lowest BCUT2D eigenvalue weighted by Gasteiger charge is -2.41. The molecule has 1 unspecified atom stereocenters. The highest BCUT2D eigenvalue weighted by molar-refractivity contribution is 5.77. The monoisotopic (exact) mass is 210 g/mol. The Kier molecular flexibility index (Phi) is 3.01. The predicted molar refractivity (Wildman–Crippen MR) is 60.3 cm³/mol. The van der Waals surface area contributed by atoms with Crippen molar-refractivity contribution in [2.24, 2.45) is 17.1 Å². The Morgan fingerprint density at radius 1 is 1.53 bits per heavy atom. The molecule has 3 nitrogen and oxygen atoms in total. The fourth-order valence-corrected chi connectivity index (χ4v) is 2.72. The molecule has 0 bridgehead atoms. The maximum absolute atomic E-state index is 12.0. The molecule has 0 radical (unpaired) electrons. The SMILES string of the molecule is CC1CCN(C(=O)CC2(CN)CCC2)C1. The summed E-state index contributed by atoms with van der Waals surface area (Å²) in [5.74, 6) is 1.02. The van der Waals surface area contributed by atoms with Gasteiger partial charge in [0.15, 0.2) is 0 Å². The average molecular weight is 210 g/mol. The summed E-state index contributed by atoms with van der Waals surface area (Å²) in [4.78, 5) is 14.1. The van der Waals surface area contributed by atoms with Crippen LogP contribution in [0.2, 0.25) is 0 Å². The third-order valence-corrected chi connectivity index (χ3v) is 4.15. The van der Waals surface area contributed by atoms with E-state index >= 15 is 0 Å². The molecule has 0 aromatic heterocycles. The number of nitrogens with two attached hydrogens (primary N) is 1. The van der Waals surface area contributed by atoms with Crippen LogP contribution in [0.25, 0.3) is 0 Å². The van der Waals surface area contributed by atoms with E-state index in [1.54, 1.807) is 0 Å². The Bertz CT molecular complexity index is 242. The van der Waals surface area contributed by atoms with Crippen molar-refractivity contribution >= 4 is 5.91 Å². The highest BCUT2D eigenvalue weighted by Crippen LogP contribution is 2.43. The Labute approximate surface area is 92.0 Å². The largest absolute Gasteiger partial charge is 0.342 e. The third-order valence-electron chi connectivity index (χ3n) is 4.15. The van der Waals surface area contributed by atoms with Crippen LogP contribution in [0.1, 0.15) is 39.0 Å². The van der Waals surface area contributed by atoms with Crippen molar-refractivity contribution in [2.45, 2.75) is 39.0 Å². The second-order valence-electron chi connectivity index (χ2n) is 5.47. The molecular weight excluding hydrogens is 188 g/mol. The highest BCUT2D eigenvalue weighted by atomic mass is 16.2. The number of carbonyl (C=O) groups excluding carboxylic acids is 1. The summed E-state index contributed by atoms with van der Waals surface area (Å²) < 4.78 is 0. The second kappa shape index (κ2) is 4.12. The molecule has 1 saturated carbocycles. The fraction of sp³-hybridized carbons (Fsp3) is 0.917. The van der Waals surface area contributed by atoms with E-state index in [1.165, 1.54) is 12.8 Å². The van der Waals surface area contributed by atoms with E-state index in [9.17, 15) is 4.79 Å². The molecule has 86 valence electrons. The Morgan fingerprint density at radius 3 is 2.67 bits per heavy atom. The third kappa shape index (κ3) is 2.17. The number of hydrogen-bond donors (Lipinski definition) is 1. The lowest BCUT2D eigenvalue weighted by atomic mass is 9.66. The lowest BCUT2D eigenvalue weighted by molar-refractivity contribution is -0.134. The van der Waals surface area contributed by atoms with Gasteiger partial charge in [-0.2, -0.15) is 0 Å². The quantitative estimate of drug-likeness (QED) is 0.765. The molecule has 1 saturated heterocycles. The molecular formula is C12H22N2O. The molecule has 1 aliphatic carbocycles. The molecule has 2 rings (SSSR count). The maximum atomic E-state index is 12.0. The van der Waals surface area contributed by atoms with Gasteiger partial charge in [-0.3, -0.25) is 4.79 Å². The lowest BCUT2D eigenvalue weighted by Crippen LogP contribution is -2.42.